The van der Waals surface area contributed by atoms with E-state index in [-0.39, 0.29) is 6.42 Å². The lowest BCUT2D eigenvalue weighted by molar-refractivity contribution is -0.130. The maximum atomic E-state index is 11.2. The minimum Gasteiger partial charge on any atom is -0.465 e. The van der Waals surface area contributed by atoms with Crippen LogP contribution in [0.25, 0.3) is 0 Å². The van der Waals surface area contributed by atoms with Gasteiger partial charge in [0.05, 0.1) is 6.17 Å². The molecule has 13 heavy (non-hydrogen) atoms. The van der Waals surface area contributed by atoms with E-state index in [4.69, 9.17) is 5.11 Å². The van der Waals surface area contributed by atoms with Gasteiger partial charge in [0.1, 0.15) is 0 Å². The fraction of sp³-hybridized carbons (Fsp3) is 0.500. The van der Waals surface area contributed by atoms with E-state index in [1.54, 1.807) is 14.0 Å². The molecule has 0 fully saturated rings. The Morgan fingerprint density at radius 2 is 2.23 bits per heavy atom. The molecule has 1 atom stereocenters. The van der Waals surface area contributed by atoms with Crippen LogP contribution in [0.3, 0.4) is 0 Å². The van der Waals surface area contributed by atoms with Crippen molar-refractivity contribution in [2.24, 2.45) is 0 Å². The Balaban J connectivity index is 4.50. The van der Waals surface area contributed by atoms with Gasteiger partial charge in [0.25, 0.3) is 0 Å². The van der Waals surface area contributed by atoms with Crippen LogP contribution in [0.15, 0.2) is 12.7 Å². The molecule has 1 unspecified atom stereocenters. The Morgan fingerprint density at radius 1 is 1.69 bits per heavy atom. The number of carboxylic acid groups (broad SMARTS) is 1. The van der Waals surface area contributed by atoms with Crippen molar-refractivity contribution in [2.45, 2.75) is 19.5 Å². The summed E-state index contributed by atoms with van der Waals surface area (Å²) in [5.74, 6) is -0.482. The van der Waals surface area contributed by atoms with Gasteiger partial charge in [-0.1, -0.05) is 6.08 Å². The predicted octanol–water partition coefficient (Wildman–Crippen LogP) is 0.635. The fourth-order valence-electron chi connectivity index (χ4n) is 0.839. The average molecular weight is 186 g/mol. The summed E-state index contributed by atoms with van der Waals surface area (Å²) in [4.78, 5) is 22.6. The molecule has 0 bridgehead atoms. The monoisotopic (exact) mass is 186 g/mol. The summed E-state index contributed by atoms with van der Waals surface area (Å²) in [5, 5.41) is 11.4. The molecule has 0 aromatic rings. The Bertz CT molecular complexity index is 215. The first-order chi connectivity index (χ1) is 6.04. The summed E-state index contributed by atoms with van der Waals surface area (Å²) in [6, 6.07) is 0. The van der Waals surface area contributed by atoms with E-state index in [0.717, 1.165) is 4.90 Å². The molecule has 0 aliphatic rings. The Morgan fingerprint density at radius 3 is 2.54 bits per heavy atom. The first-order valence-corrected chi connectivity index (χ1v) is 3.87. The molecule has 0 heterocycles. The quantitative estimate of drug-likeness (QED) is 0.499. The molecule has 0 aromatic carbocycles. The van der Waals surface area contributed by atoms with Crippen molar-refractivity contribution in [1.29, 1.82) is 0 Å². The molecular weight excluding hydrogens is 172 g/mol. The normalized spacial score (nSPS) is 11.8. The number of hydrogen-bond donors (Lipinski definition) is 2. The first kappa shape index (κ1) is 11.6. The zero-order chi connectivity index (χ0) is 10.4. The first-order valence-electron chi connectivity index (χ1n) is 3.87. The van der Waals surface area contributed by atoms with Gasteiger partial charge in [0.2, 0.25) is 5.91 Å². The second-order valence-electron chi connectivity index (χ2n) is 2.50. The molecule has 0 radical (unpaired) electrons. The predicted molar refractivity (Wildman–Crippen MR) is 48.2 cm³/mol. The van der Waals surface area contributed by atoms with Crippen LogP contribution in [0.5, 0.6) is 0 Å². The van der Waals surface area contributed by atoms with Gasteiger partial charge in [-0.05, 0) is 14.0 Å². The molecule has 5 heteroatoms. The van der Waals surface area contributed by atoms with Gasteiger partial charge < -0.3 is 10.4 Å². The SMILES string of the molecule is C=CCC(=O)N(C(=O)O)C(C)NC. The van der Waals surface area contributed by atoms with Crippen LogP contribution in [0, 0.1) is 0 Å². The van der Waals surface area contributed by atoms with Crippen LogP contribution in [-0.2, 0) is 4.79 Å². The van der Waals surface area contributed by atoms with Crippen LogP contribution in [0.4, 0.5) is 4.79 Å². The van der Waals surface area contributed by atoms with Crippen molar-refractivity contribution in [3.63, 3.8) is 0 Å². The van der Waals surface area contributed by atoms with E-state index in [0.29, 0.717) is 0 Å². The number of nitrogens with one attached hydrogen (secondary N) is 1. The summed E-state index contributed by atoms with van der Waals surface area (Å²) in [7, 11) is 1.59. The van der Waals surface area contributed by atoms with Crippen LogP contribution in [0.1, 0.15) is 13.3 Å². The molecule has 0 spiro atoms. The van der Waals surface area contributed by atoms with Crippen molar-refractivity contribution in [3.05, 3.63) is 12.7 Å². The second-order valence-corrected chi connectivity index (χ2v) is 2.50. The zero-order valence-electron chi connectivity index (χ0n) is 7.78. The smallest absolute Gasteiger partial charge is 0.415 e. The van der Waals surface area contributed by atoms with E-state index in [9.17, 15) is 9.59 Å². The Kier molecular flexibility index (Phi) is 4.76. The van der Waals surface area contributed by atoms with Crippen molar-refractivity contribution >= 4 is 12.0 Å². The number of imide groups is 1. The topological polar surface area (TPSA) is 69.6 Å². The molecule has 0 saturated carbocycles. The Labute approximate surface area is 77.0 Å². The van der Waals surface area contributed by atoms with Gasteiger partial charge in [-0.15, -0.1) is 6.58 Å². The third-order valence-corrected chi connectivity index (χ3v) is 1.60. The van der Waals surface area contributed by atoms with Gasteiger partial charge in [-0.3, -0.25) is 4.79 Å². The van der Waals surface area contributed by atoms with Crippen molar-refractivity contribution in [1.82, 2.24) is 10.2 Å². The minimum absolute atomic E-state index is 0.0261. The molecule has 0 aromatic heterocycles. The fourth-order valence-corrected chi connectivity index (χ4v) is 0.839. The van der Waals surface area contributed by atoms with Gasteiger partial charge >= 0.3 is 6.09 Å². The van der Waals surface area contributed by atoms with Crippen LogP contribution in [-0.4, -0.2) is 35.2 Å². The number of amides is 2. The lowest BCUT2D eigenvalue weighted by atomic mass is 10.3. The molecule has 74 valence electrons. The van der Waals surface area contributed by atoms with Gasteiger partial charge in [0, 0.05) is 6.42 Å². The van der Waals surface area contributed by atoms with Gasteiger partial charge in [-0.2, -0.15) is 0 Å². The van der Waals surface area contributed by atoms with Crippen LogP contribution >= 0.6 is 0 Å². The molecule has 0 aliphatic heterocycles. The third kappa shape index (κ3) is 3.25. The van der Waals surface area contributed by atoms with E-state index in [1.807, 2.05) is 0 Å². The molecule has 0 saturated heterocycles. The number of rotatable bonds is 4. The van der Waals surface area contributed by atoms with Gasteiger partial charge in [0.15, 0.2) is 0 Å². The maximum Gasteiger partial charge on any atom is 0.415 e. The molecule has 2 N–H and O–H groups in total. The number of nitrogens with zero attached hydrogens (tertiary/aromatic N) is 1. The second kappa shape index (κ2) is 5.31. The van der Waals surface area contributed by atoms with E-state index in [2.05, 4.69) is 11.9 Å². The highest BCUT2D eigenvalue weighted by Gasteiger charge is 2.23. The lowest BCUT2D eigenvalue weighted by Gasteiger charge is -2.23. The largest absolute Gasteiger partial charge is 0.465 e. The molecule has 0 aliphatic carbocycles. The number of carbonyl (C=O) groups excluding carboxylic acids is 1. The summed E-state index contributed by atoms with van der Waals surface area (Å²) >= 11 is 0. The van der Waals surface area contributed by atoms with Crippen molar-refractivity contribution in [2.75, 3.05) is 7.05 Å². The molecule has 2 amide bonds. The Hall–Kier alpha value is -1.36. The van der Waals surface area contributed by atoms with E-state index in [1.165, 1.54) is 6.08 Å². The molecule has 0 rings (SSSR count). The minimum atomic E-state index is -1.26. The molecular formula is C8H14N2O3. The highest BCUT2D eigenvalue weighted by atomic mass is 16.4. The standard InChI is InChI=1S/C8H14N2O3/c1-4-5-7(11)10(8(12)13)6(2)9-3/h4,6,9H,1,5H2,2-3H3,(H,12,13). The van der Waals surface area contributed by atoms with Gasteiger partial charge in [-0.25, -0.2) is 9.69 Å². The number of carbonyl (C=O) groups is 2. The summed E-state index contributed by atoms with van der Waals surface area (Å²) in [6.45, 7) is 4.96. The highest BCUT2D eigenvalue weighted by Crippen LogP contribution is 2.00. The zero-order valence-corrected chi connectivity index (χ0v) is 7.78. The third-order valence-electron chi connectivity index (χ3n) is 1.60. The average Bonchev–Trinajstić information content (AvgIpc) is 2.04. The molecule has 5 nitrogen and oxygen atoms in total. The van der Waals surface area contributed by atoms with E-state index < -0.39 is 18.2 Å². The summed E-state index contributed by atoms with van der Waals surface area (Å²) in [6.07, 6.45) is -0.377. The van der Waals surface area contributed by atoms with Crippen molar-refractivity contribution in [3.8, 4) is 0 Å². The summed E-state index contributed by atoms with van der Waals surface area (Å²) < 4.78 is 0. The highest BCUT2D eigenvalue weighted by molar-refractivity contribution is 5.92. The maximum absolute atomic E-state index is 11.2. The van der Waals surface area contributed by atoms with E-state index >= 15 is 0 Å². The van der Waals surface area contributed by atoms with Crippen LogP contribution in [0.2, 0.25) is 0 Å². The number of hydrogen-bond acceptors (Lipinski definition) is 3. The lowest BCUT2D eigenvalue weighted by Crippen LogP contribution is -2.48. The van der Waals surface area contributed by atoms with Crippen LogP contribution < -0.4 is 5.32 Å². The van der Waals surface area contributed by atoms with Crippen molar-refractivity contribution < 1.29 is 14.7 Å². The summed E-state index contributed by atoms with van der Waals surface area (Å²) in [5.41, 5.74) is 0.